The van der Waals surface area contributed by atoms with E-state index in [9.17, 15) is 14.9 Å². The smallest absolute Gasteiger partial charge is 0.245 e. The van der Waals surface area contributed by atoms with Gasteiger partial charge in [0, 0.05) is 18.7 Å². The number of rotatable bonds is 5. The molecule has 1 heterocycles. The van der Waals surface area contributed by atoms with Gasteiger partial charge in [-0.1, -0.05) is 18.2 Å². The van der Waals surface area contributed by atoms with Crippen LogP contribution < -0.4 is 5.32 Å². The second-order valence-corrected chi connectivity index (χ2v) is 5.55. The van der Waals surface area contributed by atoms with Crippen LogP contribution in [0.2, 0.25) is 0 Å². The number of amides is 1. The van der Waals surface area contributed by atoms with Gasteiger partial charge in [-0.3, -0.25) is 9.59 Å². The fourth-order valence-corrected chi connectivity index (χ4v) is 2.53. The predicted octanol–water partition coefficient (Wildman–Crippen LogP) is 1.92. The standard InChI is InChI=1S/C17H20N2O3/c1-11-5-3-7-14(12(11)2)16(20)15(9-18)17(21)19-10-13-6-4-8-22-13/h3,5,7,13,15H,4,6,8,10H2,1-2H3,(H,19,21)/t13-,15+/m0/s1. The molecule has 1 amide bonds. The zero-order chi connectivity index (χ0) is 16.1. The highest BCUT2D eigenvalue weighted by Gasteiger charge is 2.29. The van der Waals surface area contributed by atoms with Crippen molar-refractivity contribution < 1.29 is 14.3 Å². The minimum Gasteiger partial charge on any atom is -0.376 e. The van der Waals surface area contributed by atoms with Crippen LogP contribution in [0.4, 0.5) is 0 Å². The van der Waals surface area contributed by atoms with E-state index in [0.717, 1.165) is 24.0 Å². The van der Waals surface area contributed by atoms with Crippen LogP contribution in [0.1, 0.15) is 34.3 Å². The third-order valence-electron chi connectivity index (χ3n) is 4.05. The van der Waals surface area contributed by atoms with Crippen LogP contribution in [0.5, 0.6) is 0 Å². The van der Waals surface area contributed by atoms with Crippen LogP contribution in [0.25, 0.3) is 0 Å². The van der Waals surface area contributed by atoms with Crippen LogP contribution in [0, 0.1) is 31.1 Å². The molecule has 0 spiro atoms. The Balaban J connectivity index is 2.06. The average molecular weight is 300 g/mol. The van der Waals surface area contributed by atoms with Crippen molar-refractivity contribution in [1.29, 1.82) is 5.26 Å². The number of ketones is 1. The summed E-state index contributed by atoms with van der Waals surface area (Å²) in [6, 6.07) is 7.13. The summed E-state index contributed by atoms with van der Waals surface area (Å²) >= 11 is 0. The van der Waals surface area contributed by atoms with Crippen LogP contribution in [0.3, 0.4) is 0 Å². The number of hydrogen-bond donors (Lipinski definition) is 1. The monoisotopic (exact) mass is 300 g/mol. The van der Waals surface area contributed by atoms with Gasteiger partial charge < -0.3 is 10.1 Å². The Morgan fingerprint density at radius 3 is 2.86 bits per heavy atom. The molecule has 1 aromatic carbocycles. The lowest BCUT2D eigenvalue weighted by Crippen LogP contribution is -2.38. The van der Waals surface area contributed by atoms with Crippen molar-refractivity contribution in [1.82, 2.24) is 5.32 Å². The maximum Gasteiger partial charge on any atom is 0.245 e. The van der Waals surface area contributed by atoms with Crippen molar-refractivity contribution in [3.63, 3.8) is 0 Å². The molecule has 1 N–H and O–H groups in total. The highest BCUT2D eigenvalue weighted by Crippen LogP contribution is 2.17. The van der Waals surface area contributed by atoms with Crippen molar-refractivity contribution in [2.24, 2.45) is 5.92 Å². The number of nitrogens with zero attached hydrogens (tertiary/aromatic N) is 1. The molecule has 0 aliphatic carbocycles. The topological polar surface area (TPSA) is 79.2 Å². The molecule has 0 bridgehead atoms. The van der Waals surface area contributed by atoms with Gasteiger partial charge in [0.2, 0.25) is 5.91 Å². The van der Waals surface area contributed by atoms with Crippen molar-refractivity contribution in [3.05, 3.63) is 34.9 Å². The predicted molar refractivity (Wildman–Crippen MR) is 81.3 cm³/mol. The number of ether oxygens (including phenoxy) is 1. The van der Waals surface area contributed by atoms with E-state index in [1.807, 2.05) is 26.0 Å². The molecule has 1 fully saturated rings. The fraction of sp³-hybridized carbons (Fsp3) is 0.471. The van der Waals surface area contributed by atoms with Crippen molar-refractivity contribution in [2.75, 3.05) is 13.2 Å². The van der Waals surface area contributed by atoms with Gasteiger partial charge in [0.1, 0.15) is 0 Å². The van der Waals surface area contributed by atoms with Crippen molar-refractivity contribution in [3.8, 4) is 6.07 Å². The molecule has 22 heavy (non-hydrogen) atoms. The third kappa shape index (κ3) is 3.52. The van der Waals surface area contributed by atoms with E-state index in [2.05, 4.69) is 5.32 Å². The lowest BCUT2D eigenvalue weighted by atomic mass is 9.92. The van der Waals surface area contributed by atoms with Gasteiger partial charge in [-0.15, -0.1) is 0 Å². The molecule has 1 aliphatic heterocycles. The van der Waals surface area contributed by atoms with Crippen LogP contribution in [0.15, 0.2) is 18.2 Å². The Labute approximate surface area is 130 Å². The summed E-state index contributed by atoms with van der Waals surface area (Å²) in [7, 11) is 0. The molecule has 0 saturated carbocycles. The number of nitrogens with one attached hydrogen (secondary N) is 1. The summed E-state index contributed by atoms with van der Waals surface area (Å²) < 4.78 is 5.41. The van der Waals surface area contributed by atoms with Gasteiger partial charge in [0.05, 0.1) is 12.2 Å². The van der Waals surface area contributed by atoms with Crippen molar-refractivity contribution in [2.45, 2.75) is 32.8 Å². The van der Waals surface area contributed by atoms with Crippen molar-refractivity contribution >= 4 is 11.7 Å². The first-order chi connectivity index (χ1) is 10.5. The van der Waals surface area contributed by atoms with E-state index in [1.165, 1.54) is 0 Å². The molecule has 0 unspecified atom stereocenters. The first-order valence-corrected chi connectivity index (χ1v) is 7.44. The lowest BCUT2D eigenvalue weighted by molar-refractivity contribution is -0.122. The quantitative estimate of drug-likeness (QED) is 0.665. The van der Waals surface area contributed by atoms with Gasteiger partial charge in [-0.05, 0) is 37.8 Å². The number of aryl methyl sites for hydroxylation is 1. The minimum absolute atomic E-state index is 0.0147. The number of Topliss-reactive ketones (excluding diaryl/α,β-unsaturated/α-hetero) is 1. The lowest BCUT2D eigenvalue weighted by Gasteiger charge is -2.14. The Kier molecular flexibility index (Phi) is 5.29. The maximum atomic E-state index is 12.5. The highest BCUT2D eigenvalue weighted by atomic mass is 16.5. The van der Waals surface area contributed by atoms with Gasteiger partial charge in [0.25, 0.3) is 0 Å². The maximum absolute atomic E-state index is 12.5. The Morgan fingerprint density at radius 2 is 2.23 bits per heavy atom. The van der Waals surface area contributed by atoms with Crippen LogP contribution >= 0.6 is 0 Å². The zero-order valence-electron chi connectivity index (χ0n) is 12.9. The number of nitriles is 1. The molecule has 2 rings (SSSR count). The molecule has 5 nitrogen and oxygen atoms in total. The van der Waals surface area contributed by atoms with Crippen LogP contribution in [-0.2, 0) is 9.53 Å². The molecular formula is C17H20N2O3. The Morgan fingerprint density at radius 1 is 1.45 bits per heavy atom. The normalized spacial score (nSPS) is 18.5. The fourth-order valence-electron chi connectivity index (χ4n) is 2.53. The largest absolute Gasteiger partial charge is 0.376 e. The van der Waals surface area contributed by atoms with Gasteiger partial charge in [-0.25, -0.2) is 0 Å². The molecule has 116 valence electrons. The molecule has 0 aromatic heterocycles. The molecule has 2 atom stereocenters. The third-order valence-corrected chi connectivity index (χ3v) is 4.05. The van der Waals surface area contributed by atoms with Gasteiger partial charge in [-0.2, -0.15) is 5.26 Å². The summed E-state index contributed by atoms with van der Waals surface area (Å²) in [5.41, 5.74) is 2.20. The number of carbonyl (C=O) groups is 2. The minimum atomic E-state index is -1.32. The summed E-state index contributed by atoms with van der Waals surface area (Å²) in [5, 5.41) is 11.9. The molecule has 1 saturated heterocycles. The second kappa shape index (κ2) is 7.19. The summed E-state index contributed by atoms with van der Waals surface area (Å²) in [5.74, 6) is -2.32. The number of carbonyl (C=O) groups excluding carboxylic acids is 2. The van der Waals surface area contributed by atoms with Gasteiger partial charge >= 0.3 is 0 Å². The zero-order valence-corrected chi connectivity index (χ0v) is 12.9. The van der Waals surface area contributed by atoms with Crippen LogP contribution in [-0.4, -0.2) is 30.9 Å². The van der Waals surface area contributed by atoms with E-state index in [-0.39, 0.29) is 6.10 Å². The Hall–Kier alpha value is -2.19. The van der Waals surface area contributed by atoms with E-state index >= 15 is 0 Å². The van der Waals surface area contributed by atoms with E-state index in [4.69, 9.17) is 4.74 Å². The first-order valence-electron chi connectivity index (χ1n) is 7.44. The molecular weight excluding hydrogens is 280 g/mol. The van der Waals surface area contributed by atoms with E-state index in [0.29, 0.717) is 18.7 Å². The summed E-state index contributed by atoms with van der Waals surface area (Å²) in [6.07, 6.45) is 1.85. The number of hydrogen-bond acceptors (Lipinski definition) is 4. The highest BCUT2D eigenvalue weighted by molar-refractivity contribution is 6.12. The Bertz CT molecular complexity index is 613. The van der Waals surface area contributed by atoms with Gasteiger partial charge in [0.15, 0.2) is 11.7 Å². The first kappa shape index (κ1) is 16.2. The van der Waals surface area contributed by atoms with E-state index < -0.39 is 17.6 Å². The average Bonchev–Trinajstić information content (AvgIpc) is 3.02. The van der Waals surface area contributed by atoms with E-state index in [1.54, 1.807) is 12.1 Å². The second-order valence-electron chi connectivity index (χ2n) is 5.55. The number of benzene rings is 1. The molecule has 1 aliphatic rings. The summed E-state index contributed by atoms with van der Waals surface area (Å²) in [6.45, 7) is 4.76. The SMILES string of the molecule is Cc1cccc(C(=O)[C@@H](C#N)C(=O)NC[C@@H]2CCCO2)c1C. The summed E-state index contributed by atoms with van der Waals surface area (Å²) in [4.78, 5) is 24.6. The molecule has 1 aromatic rings. The molecule has 5 heteroatoms. The molecule has 0 radical (unpaired) electrons.